The van der Waals surface area contributed by atoms with E-state index in [-0.39, 0.29) is 13.0 Å². The van der Waals surface area contributed by atoms with E-state index >= 15 is 0 Å². The third-order valence-electron chi connectivity index (χ3n) is 4.21. The summed E-state index contributed by atoms with van der Waals surface area (Å²) >= 11 is 1.49. The van der Waals surface area contributed by atoms with E-state index in [1.807, 2.05) is 36.6 Å². The second-order valence-electron chi connectivity index (χ2n) is 6.05. The smallest absolute Gasteiger partial charge is 0.410 e. The van der Waals surface area contributed by atoms with E-state index in [2.05, 4.69) is 5.32 Å². The molecule has 2 atom stereocenters. The predicted octanol–water partition coefficient (Wildman–Crippen LogP) is 0.775. The Labute approximate surface area is 157 Å². The molecule has 7 nitrogen and oxygen atoms in total. The molecule has 0 saturated carbocycles. The van der Waals surface area contributed by atoms with Gasteiger partial charge in [-0.05, 0) is 36.8 Å². The number of carboxylic acid groups (broad SMARTS) is 1. The lowest BCUT2D eigenvalue weighted by molar-refractivity contribution is -0.308. The third kappa shape index (κ3) is 5.66. The number of nitrogens with zero attached hydrogens (tertiary/aromatic N) is 1. The molecule has 26 heavy (non-hydrogen) atoms. The molecule has 1 aromatic rings. The zero-order valence-corrected chi connectivity index (χ0v) is 15.5. The molecule has 142 valence electrons. The molecular weight excluding hydrogens is 356 g/mol. The van der Waals surface area contributed by atoms with Gasteiger partial charge >= 0.3 is 6.09 Å². The zero-order chi connectivity index (χ0) is 18.9. The van der Waals surface area contributed by atoms with Gasteiger partial charge in [-0.15, -0.1) is 0 Å². The van der Waals surface area contributed by atoms with Crippen molar-refractivity contribution in [2.24, 2.45) is 0 Å². The molecular formula is C18H23N2O5S-. The fraction of sp³-hybridized carbons (Fsp3) is 0.500. The minimum absolute atomic E-state index is 0.125. The van der Waals surface area contributed by atoms with E-state index in [0.717, 1.165) is 5.56 Å². The number of thioether (sulfide) groups is 1. The number of carbonyl (C=O) groups excluding carboxylic acids is 3. The lowest BCUT2D eigenvalue weighted by Crippen LogP contribution is -2.54. The zero-order valence-electron chi connectivity index (χ0n) is 14.7. The number of benzene rings is 1. The van der Waals surface area contributed by atoms with Crippen molar-refractivity contribution >= 4 is 29.7 Å². The average molecular weight is 379 g/mol. The van der Waals surface area contributed by atoms with Crippen molar-refractivity contribution in [3.05, 3.63) is 35.9 Å². The predicted molar refractivity (Wildman–Crippen MR) is 96.3 cm³/mol. The van der Waals surface area contributed by atoms with Gasteiger partial charge in [0, 0.05) is 6.54 Å². The van der Waals surface area contributed by atoms with Crippen molar-refractivity contribution in [3.63, 3.8) is 0 Å². The molecule has 1 N–H and O–H groups in total. The first-order chi connectivity index (χ1) is 12.5. The molecule has 0 aliphatic carbocycles. The molecule has 0 spiro atoms. The summed E-state index contributed by atoms with van der Waals surface area (Å²) < 4.78 is 5.28. The summed E-state index contributed by atoms with van der Waals surface area (Å²) in [6.45, 7) is 0.534. The van der Waals surface area contributed by atoms with Crippen LogP contribution in [0.5, 0.6) is 0 Å². The first kappa shape index (κ1) is 20.1. The van der Waals surface area contributed by atoms with Crippen LogP contribution in [-0.4, -0.2) is 53.5 Å². The van der Waals surface area contributed by atoms with Gasteiger partial charge in [-0.2, -0.15) is 11.8 Å². The SMILES string of the molecule is CSCC[C@H](NC(=O)[C@@H]1CCCN1C(=O)OCc1ccccc1)C(=O)[O-]. The average Bonchev–Trinajstić information content (AvgIpc) is 3.13. The number of ether oxygens (including phenoxy) is 1. The third-order valence-corrected chi connectivity index (χ3v) is 4.85. The second kappa shape index (κ2) is 10.1. The van der Waals surface area contributed by atoms with E-state index in [1.165, 1.54) is 16.7 Å². The number of amides is 2. The molecule has 1 aliphatic rings. The maximum absolute atomic E-state index is 12.5. The highest BCUT2D eigenvalue weighted by Crippen LogP contribution is 2.19. The van der Waals surface area contributed by atoms with Crippen LogP contribution in [0.25, 0.3) is 0 Å². The maximum atomic E-state index is 12.5. The van der Waals surface area contributed by atoms with Gasteiger partial charge in [0.25, 0.3) is 0 Å². The second-order valence-corrected chi connectivity index (χ2v) is 7.04. The monoisotopic (exact) mass is 379 g/mol. The molecule has 1 aliphatic heterocycles. The van der Waals surface area contributed by atoms with Crippen LogP contribution >= 0.6 is 11.8 Å². The lowest BCUT2D eigenvalue weighted by atomic mass is 10.1. The van der Waals surface area contributed by atoms with Crippen LogP contribution in [0.1, 0.15) is 24.8 Å². The van der Waals surface area contributed by atoms with Crippen LogP contribution in [0.3, 0.4) is 0 Å². The lowest BCUT2D eigenvalue weighted by Gasteiger charge is -2.26. The van der Waals surface area contributed by atoms with Crippen molar-refractivity contribution in [1.29, 1.82) is 0 Å². The van der Waals surface area contributed by atoms with Crippen LogP contribution < -0.4 is 10.4 Å². The molecule has 8 heteroatoms. The van der Waals surface area contributed by atoms with E-state index in [4.69, 9.17) is 4.74 Å². The fourth-order valence-corrected chi connectivity index (χ4v) is 3.28. The number of aliphatic carboxylic acids is 1. The Hall–Kier alpha value is -2.22. The Balaban J connectivity index is 1.91. The van der Waals surface area contributed by atoms with Gasteiger partial charge in [0.05, 0.1) is 12.0 Å². The van der Waals surface area contributed by atoms with E-state index in [1.54, 1.807) is 0 Å². The normalized spacial score (nSPS) is 17.6. The number of carboxylic acids is 1. The number of likely N-dealkylation sites (tertiary alicyclic amines) is 1. The van der Waals surface area contributed by atoms with Gasteiger partial charge in [-0.1, -0.05) is 30.3 Å². The van der Waals surface area contributed by atoms with Gasteiger partial charge < -0.3 is 20.0 Å². The van der Waals surface area contributed by atoms with Crippen molar-refractivity contribution in [2.75, 3.05) is 18.6 Å². The highest BCUT2D eigenvalue weighted by atomic mass is 32.2. The summed E-state index contributed by atoms with van der Waals surface area (Å²) in [7, 11) is 0. The number of hydrogen-bond donors (Lipinski definition) is 1. The first-order valence-corrected chi connectivity index (χ1v) is 9.89. The summed E-state index contributed by atoms with van der Waals surface area (Å²) in [5.74, 6) is -1.20. The Morgan fingerprint density at radius 3 is 2.73 bits per heavy atom. The van der Waals surface area contributed by atoms with Gasteiger partial charge in [0.1, 0.15) is 12.6 Å². The van der Waals surface area contributed by atoms with Gasteiger partial charge in [-0.25, -0.2) is 4.79 Å². The summed E-state index contributed by atoms with van der Waals surface area (Å²) in [6.07, 6.45) is 2.71. The van der Waals surface area contributed by atoms with Crippen LogP contribution in [-0.2, 0) is 20.9 Å². The quantitative estimate of drug-likeness (QED) is 0.717. The Morgan fingerprint density at radius 1 is 1.35 bits per heavy atom. The number of carbonyl (C=O) groups is 3. The summed E-state index contributed by atoms with van der Waals surface area (Å²) in [5.41, 5.74) is 0.857. The molecule has 0 bridgehead atoms. The molecule has 1 heterocycles. The summed E-state index contributed by atoms with van der Waals surface area (Å²) in [6, 6.07) is 7.49. The summed E-state index contributed by atoms with van der Waals surface area (Å²) in [4.78, 5) is 37.3. The molecule has 0 radical (unpaired) electrons. The van der Waals surface area contributed by atoms with Crippen molar-refractivity contribution in [3.8, 4) is 0 Å². The van der Waals surface area contributed by atoms with Crippen molar-refractivity contribution in [2.45, 2.75) is 38.0 Å². The Bertz CT molecular complexity index is 625. The maximum Gasteiger partial charge on any atom is 0.410 e. The Kier molecular flexibility index (Phi) is 7.77. The first-order valence-electron chi connectivity index (χ1n) is 8.50. The topological polar surface area (TPSA) is 98.8 Å². The largest absolute Gasteiger partial charge is 0.548 e. The van der Waals surface area contributed by atoms with Gasteiger partial charge in [-0.3, -0.25) is 9.69 Å². The van der Waals surface area contributed by atoms with Crippen LogP contribution in [0.2, 0.25) is 0 Å². The number of rotatable bonds is 8. The molecule has 1 saturated heterocycles. The van der Waals surface area contributed by atoms with Gasteiger partial charge in [0.2, 0.25) is 5.91 Å². The Morgan fingerprint density at radius 2 is 2.08 bits per heavy atom. The van der Waals surface area contributed by atoms with Crippen molar-refractivity contribution < 1.29 is 24.2 Å². The van der Waals surface area contributed by atoms with Crippen LogP contribution in [0, 0.1) is 0 Å². The number of hydrogen-bond acceptors (Lipinski definition) is 6. The highest BCUT2D eigenvalue weighted by Gasteiger charge is 2.35. The molecule has 2 amide bonds. The molecule has 1 fully saturated rings. The van der Waals surface area contributed by atoms with E-state index in [9.17, 15) is 19.5 Å². The standard InChI is InChI=1S/C18H24N2O5S/c1-26-11-9-14(17(22)23)19-16(21)15-8-5-10-20(15)18(24)25-12-13-6-3-2-4-7-13/h2-4,6-7,14-15H,5,8-12H2,1H3,(H,19,21)(H,22,23)/p-1/t14-,15-/m0/s1. The van der Waals surface area contributed by atoms with Crippen LogP contribution in [0.15, 0.2) is 30.3 Å². The minimum Gasteiger partial charge on any atom is -0.548 e. The number of nitrogens with one attached hydrogen (secondary N) is 1. The minimum atomic E-state index is -1.32. The van der Waals surface area contributed by atoms with Crippen LogP contribution in [0.4, 0.5) is 4.79 Å². The molecule has 0 unspecified atom stereocenters. The van der Waals surface area contributed by atoms with E-state index in [0.29, 0.717) is 25.1 Å². The van der Waals surface area contributed by atoms with E-state index < -0.39 is 30.1 Å². The summed E-state index contributed by atoms with van der Waals surface area (Å²) in [5, 5.41) is 13.7. The molecule has 1 aromatic carbocycles. The molecule has 0 aromatic heterocycles. The van der Waals surface area contributed by atoms with Crippen molar-refractivity contribution in [1.82, 2.24) is 10.2 Å². The van der Waals surface area contributed by atoms with Gasteiger partial charge in [0.15, 0.2) is 0 Å². The molecule has 2 rings (SSSR count). The highest BCUT2D eigenvalue weighted by molar-refractivity contribution is 7.98. The fourth-order valence-electron chi connectivity index (χ4n) is 2.81.